The zero-order valence-corrected chi connectivity index (χ0v) is 12.5. The second-order valence-electron chi connectivity index (χ2n) is 4.34. The lowest BCUT2D eigenvalue weighted by atomic mass is 10.1. The number of rotatable bonds is 3. The fourth-order valence-electron chi connectivity index (χ4n) is 1.72. The highest BCUT2D eigenvalue weighted by molar-refractivity contribution is 9.10. The van der Waals surface area contributed by atoms with Crippen LogP contribution in [0.4, 0.5) is 15.8 Å². The van der Waals surface area contributed by atoms with Crippen LogP contribution in [-0.2, 0) is 0 Å². The Hall–Kier alpha value is -2.28. The molecular weight excluding hydrogens is 343 g/mol. The van der Waals surface area contributed by atoms with E-state index in [1.54, 1.807) is 6.92 Å². The highest BCUT2D eigenvalue weighted by atomic mass is 79.9. The minimum atomic E-state index is -0.589. The maximum atomic E-state index is 13.2. The zero-order chi connectivity index (χ0) is 15.6. The number of nitro groups is 1. The molecule has 2 rings (SSSR count). The molecular formula is C14H10BrFN2O3. The Morgan fingerprint density at radius 3 is 2.67 bits per heavy atom. The number of hydrogen-bond acceptors (Lipinski definition) is 3. The first kappa shape index (κ1) is 15.1. The number of hydrogen-bond donors (Lipinski definition) is 1. The smallest absolute Gasteiger partial charge is 0.284 e. The summed E-state index contributed by atoms with van der Waals surface area (Å²) >= 11 is 3.05. The summed E-state index contributed by atoms with van der Waals surface area (Å²) in [5.74, 6) is -1.02. The third-order valence-electron chi connectivity index (χ3n) is 2.85. The summed E-state index contributed by atoms with van der Waals surface area (Å²) in [6, 6.07) is 8.05. The molecule has 2 aromatic rings. The van der Waals surface area contributed by atoms with Crippen molar-refractivity contribution >= 4 is 33.2 Å². The van der Waals surface area contributed by atoms with Gasteiger partial charge in [0.25, 0.3) is 11.6 Å². The van der Waals surface area contributed by atoms with Crippen molar-refractivity contribution in [3.05, 3.63) is 67.9 Å². The number of benzene rings is 2. The van der Waals surface area contributed by atoms with Crippen molar-refractivity contribution in [2.75, 3.05) is 5.32 Å². The van der Waals surface area contributed by atoms with Gasteiger partial charge < -0.3 is 5.32 Å². The van der Waals surface area contributed by atoms with Gasteiger partial charge >= 0.3 is 0 Å². The largest absolute Gasteiger partial charge is 0.322 e. The van der Waals surface area contributed by atoms with Gasteiger partial charge in [0.15, 0.2) is 0 Å². The van der Waals surface area contributed by atoms with Gasteiger partial charge in [-0.1, -0.05) is 6.07 Å². The van der Waals surface area contributed by atoms with Crippen LogP contribution in [0.3, 0.4) is 0 Å². The van der Waals surface area contributed by atoms with Gasteiger partial charge in [-0.2, -0.15) is 0 Å². The standard InChI is InChI=1S/C14H10BrFN2O3/c1-8-2-4-10(16)7-12(8)17-14(19)9-3-5-11(15)13(6-9)18(20)21/h2-7H,1H3,(H,17,19). The van der Waals surface area contributed by atoms with Gasteiger partial charge in [-0.15, -0.1) is 0 Å². The van der Waals surface area contributed by atoms with Gasteiger partial charge in [-0.05, 0) is 52.7 Å². The Bertz CT molecular complexity index is 734. The van der Waals surface area contributed by atoms with E-state index in [1.807, 2.05) is 0 Å². The summed E-state index contributed by atoms with van der Waals surface area (Å²) in [4.78, 5) is 22.4. The monoisotopic (exact) mass is 352 g/mol. The predicted octanol–water partition coefficient (Wildman–Crippen LogP) is 4.06. The van der Waals surface area contributed by atoms with Crippen LogP contribution >= 0.6 is 15.9 Å². The van der Waals surface area contributed by atoms with Crippen LogP contribution in [0.2, 0.25) is 0 Å². The van der Waals surface area contributed by atoms with Gasteiger partial charge in [0.1, 0.15) is 5.82 Å². The molecule has 1 amide bonds. The van der Waals surface area contributed by atoms with Crippen molar-refractivity contribution < 1.29 is 14.1 Å². The molecule has 2 aromatic carbocycles. The average Bonchev–Trinajstić information content (AvgIpc) is 2.43. The van der Waals surface area contributed by atoms with E-state index < -0.39 is 16.6 Å². The van der Waals surface area contributed by atoms with E-state index in [9.17, 15) is 19.3 Å². The van der Waals surface area contributed by atoms with E-state index in [4.69, 9.17) is 0 Å². The normalized spacial score (nSPS) is 10.2. The number of nitrogens with one attached hydrogen (secondary N) is 1. The third-order valence-corrected chi connectivity index (χ3v) is 3.52. The van der Waals surface area contributed by atoms with Crippen LogP contribution in [0.25, 0.3) is 0 Å². The molecule has 0 saturated heterocycles. The minimum absolute atomic E-state index is 0.119. The average molecular weight is 353 g/mol. The quantitative estimate of drug-likeness (QED) is 0.668. The first-order chi connectivity index (χ1) is 9.88. The summed E-state index contributed by atoms with van der Waals surface area (Å²) in [6.07, 6.45) is 0. The second kappa shape index (κ2) is 6.01. The van der Waals surface area contributed by atoms with Gasteiger partial charge in [-0.25, -0.2) is 4.39 Å². The highest BCUT2D eigenvalue weighted by Crippen LogP contribution is 2.26. The molecule has 0 saturated carbocycles. The number of nitro benzene ring substituents is 1. The van der Waals surface area contributed by atoms with E-state index in [2.05, 4.69) is 21.2 Å². The fraction of sp³-hybridized carbons (Fsp3) is 0.0714. The number of carbonyl (C=O) groups excluding carboxylic acids is 1. The predicted molar refractivity (Wildman–Crippen MR) is 79.9 cm³/mol. The molecule has 0 aliphatic heterocycles. The first-order valence-corrected chi connectivity index (χ1v) is 6.69. The molecule has 0 spiro atoms. The van der Waals surface area contributed by atoms with Gasteiger partial charge in [0.05, 0.1) is 9.40 Å². The number of nitrogens with zero attached hydrogens (tertiary/aromatic N) is 1. The molecule has 5 nitrogen and oxygen atoms in total. The van der Waals surface area contributed by atoms with Crippen molar-refractivity contribution in [1.82, 2.24) is 0 Å². The Kier molecular flexibility index (Phi) is 4.32. The van der Waals surface area contributed by atoms with E-state index >= 15 is 0 Å². The van der Waals surface area contributed by atoms with E-state index in [0.717, 1.165) is 6.07 Å². The third kappa shape index (κ3) is 3.43. The number of amides is 1. The molecule has 108 valence electrons. The number of aryl methyl sites for hydroxylation is 1. The van der Waals surface area contributed by atoms with Crippen molar-refractivity contribution in [1.29, 1.82) is 0 Å². The molecule has 0 bridgehead atoms. The van der Waals surface area contributed by atoms with Crippen LogP contribution in [0.5, 0.6) is 0 Å². The summed E-state index contributed by atoms with van der Waals surface area (Å²) in [7, 11) is 0. The molecule has 0 unspecified atom stereocenters. The Morgan fingerprint density at radius 1 is 1.29 bits per heavy atom. The summed E-state index contributed by atoms with van der Waals surface area (Å²) in [5, 5.41) is 13.4. The Morgan fingerprint density at radius 2 is 2.00 bits per heavy atom. The topological polar surface area (TPSA) is 72.2 Å². The Balaban J connectivity index is 2.30. The van der Waals surface area contributed by atoms with Crippen molar-refractivity contribution in [2.24, 2.45) is 0 Å². The van der Waals surface area contributed by atoms with Crippen LogP contribution in [0, 0.1) is 22.9 Å². The van der Waals surface area contributed by atoms with Gasteiger partial charge in [-0.3, -0.25) is 14.9 Å². The first-order valence-electron chi connectivity index (χ1n) is 5.90. The van der Waals surface area contributed by atoms with Gasteiger partial charge in [0.2, 0.25) is 0 Å². The minimum Gasteiger partial charge on any atom is -0.322 e. The van der Waals surface area contributed by atoms with E-state index in [-0.39, 0.29) is 15.7 Å². The van der Waals surface area contributed by atoms with Crippen molar-refractivity contribution in [3.8, 4) is 0 Å². The maximum absolute atomic E-state index is 13.2. The summed E-state index contributed by atoms with van der Waals surface area (Å²) < 4.78 is 13.5. The second-order valence-corrected chi connectivity index (χ2v) is 5.19. The van der Waals surface area contributed by atoms with E-state index in [1.165, 1.54) is 30.3 Å². The fourth-order valence-corrected chi connectivity index (χ4v) is 2.11. The molecule has 0 aliphatic rings. The lowest BCUT2D eigenvalue weighted by Gasteiger charge is -2.08. The molecule has 0 atom stereocenters. The number of carbonyl (C=O) groups is 1. The molecule has 1 N–H and O–H groups in total. The maximum Gasteiger partial charge on any atom is 0.284 e. The van der Waals surface area contributed by atoms with Crippen LogP contribution in [-0.4, -0.2) is 10.8 Å². The molecule has 0 aliphatic carbocycles. The van der Waals surface area contributed by atoms with E-state index in [0.29, 0.717) is 11.3 Å². The molecule has 7 heteroatoms. The zero-order valence-electron chi connectivity index (χ0n) is 10.9. The molecule has 0 heterocycles. The number of anilines is 1. The number of halogens is 2. The van der Waals surface area contributed by atoms with Crippen molar-refractivity contribution in [2.45, 2.75) is 6.92 Å². The van der Waals surface area contributed by atoms with Gasteiger partial charge in [0, 0.05) is 17.3 Å². The lowest BCUT2D eigenvalue weighted by molar-refractivity contribution is -0.385. The van der Waals surface area contributed by atoms with Crippen molar-refractivity contribution in [3.63, 3.8) is 0 Å². The molecule has 0 radical (unpaired) electrons. The van der Waals surface area contributed by atoms with Crippen LogP contribution in [0.1, 0.15) is 15.9 Å². The lowest BCUT2D eigenvalue weighted by Crippen LogP contribution is -2.13. The Labute approximate surface area is 128 Å². The summed E-state index contributed by atoms with van der Waals surface area (Å²) in [5.41, 5.74) is 0.925. The molecule has 0 aromatic heterocycles. The SMILES string of the molecule is Cc1ccc(F)cc1NC(=O)c1ccc(Br)c([N+](=O)[O-])c1. The highest BCUT2D eigenvalue weighted by Gasteiger charge is 2.16. The molecule has 0 fully saturated rings. The summed E-state index contributed by atoms with van der Waals surface area (Å²) in [6.45, 7) is 1.72. The molecule has 21 heavy (non-hydrogen) atoms. The van der Waals surface area contributed by atoms with Crippen LogP contribution in [0.15, 0.2) is 40.9 Å². The van der Waals surface area contributed by atoms with Crippen LogP contribution < -0.4 is 5.32 Å².